The van der Waals surface area contributed by atoms with Gasteiger partial charge in [-0.15, -0.1) is 15.3 Å². The first kappa shape index (κ1) is 15.3. The molecule has 0 aliphatic rings. The predicted octanol–water partition coefficient (Wildman–Crippen LogP) is 3.47. The number of hydrogen-bond acceptors (Lipinski definition) is 5. The highest BCUT2D eigenvalue weighted by molar-refractivity contribution is 5.60. The summed E-state index contributed by atoms with van der Waals surface area (Å²) in [6.45, 7) is 2.48. The van der Waals surface area contributed by atoms with E-state index in [1.807, 2.05) is 43.1 Å². The number of fused-ring (bicyclic) bond motifs is 1. The fourth-order valence-electron chi connectivity index (χ4n) is 2.68. The third-order valence-electron chi connectivity index (χ3n) is 3.94. The van der Waals surface area contributed by atoms with Crippen molar-refractivity contribution in [1.29, 1.82) is 0 Å². The molecule has 25 heavy (non-hydrogen) atoms. The molecule has 3 heterocycles. The topological polar surface area (TPSA) is 59.5 Å². The number of hydrogen-bond donors (Lipinski definition) is 0. The Morgan fingerprint density at radius 2 is 1.92 bits per heavy atom. The lowest BCUT2D eigenvalue weighted by Gasteiger charge is -2.16. The molecule has 0 N–H and O–H groups in total. The van der Waals surface area contributed by atoms with Gasteiger partial charge in [0.25, 0.3) is 0 Å². The molecule has 0 fully saturated rings. The summed E-state index contributed by atoms with van der Waals surface area (Å²) in [5.74, 6) is 2.44. The fraction of sp³-hybridized carbons (Fsp3) is 0.167. The van der Waals surface area contributed by atoms with Crippen LogP contribution in [0.5, 0.6) is 0 Å². The first-order chi connectivity index (χ1) is 12.1. The molecular formula is C18H16FN5O. The monoisotopic (exact) mass is 337 g/mol. The second-order valence-corrected chi connectivity index (χ2v) is 5.83. The predicted molar refractivity (Wildman–Crippen MR) is 91.7 cm³/mol. The van der Waals surface area contributed by atoms with Crippen molar-refractivity contribution in [2.75, 3.05) is 11.9 Å². The lowest BCUT2D eigenvalue weighted by Crippen LogP contribution is -2.18. The Morgan fingerprint density at radius 1 is 1.08 bits per heavy atom. The molecule has 1 aromatic carbocycles. The summed E-state index contributed by atoms with van der Waals surface area (Å²) in [5, 5.41) is 12.7. The van der Waals surface area contributed by atoms with Crippen molar-refractivity contribution in [1.82, 2.24) is 19.8 Å². The van der Waals surface area contributed by atoms with E-state index in [0.29, 0.717) is 29.4 Å². The summed E-state index contributed by atoms with van der Waals surface area (Å²) in [7, 11) is 1.92. The van der Waals surface area contributed by atoms with Crippen molar-refractivity contribution in [3.05, 3.63) is 65.9 Å². The van der Waals surface area contributed by atoms with Crippen molar-refractivity contribution < 1.29 is 8.81 Å². The van der Waals surface area contributed by atoms with E-state index in [2.05, 4.69) is 15.3 Å². The van der Waals surface area contributed by atoms with Crippen molar-refractivity contribution in [3.8, 4) is 11.4 Å². The molecule has 7 heteroatoms. The molecule has 0 bridgehead atoms. The number of rotatable bonds is 4. The largest absolute Gasteiger partial charge is 0.464 e. The van der Waals surface area contributed by atoms with Crippen LogP contribution in [0, 0.1) is 12.7 Å². The molecule has 0 aliphatic carbocycles. The van der Waals surface area contributed by atoms with E-state index >= 15 is 0 Å². The zero-order chi connectivity index (χ0) is 17.4. The average molecular weight is 337 g/mol. The zero-order valence-corrected chi connectivity index (χ0v) is 13.8. The minimum Gasteiger partial charge on any atom is -0.464 e. The van der Waals surface area contributed by atoms with Crippen LogP contribution in [-0.2, 0) is 6.54 Å². The first-order valence-corrected chi connectivity index (χ1v) is 7.85. The summed E-state index contributed by atoms with van der Waals surface area (Å²) >= 11 is 0. The van der Waals surface area contributed by atoms with E-state index < -0.39 is 0 Å². The van der Waals surface area contributed by atoms with Crippen LogP contribution in [0.3, 0.4) is 0 Å². The quantitative estimate of drug-likeness (QED) is 0.571. The van der Waals surface area contributed by atoms with Crippen LogP contribution < -0.4 is 4.90 Å². The molecule has 126 valence electrons. The Balaban J connectivity index is 1.72. The molecule has 6 nitrogen and oxygen atoms in total. The minimum absolute atomic E-state index is 0.358. The number of nitrogens with zero attached hydrogens (tertiary/aromatic N) is 5. The van der Waals surface area contributed by atoms with Crippen molar-refractivity contribution in [3.63, 3.8) is 0 Å². The van der Waals surface area contributed by atoms with Gasteiger partial charge in [-0.25, -0.2) is 4.39 Å². The minimum atomic E-state index is -0.358. The van der Waals surface area contributed by atoms with Gasteiger partial charge < -0.3 is 9.32 Å². The number of anilines is 1. The van der Waals surface area contributed by atoms with E-state index in [-0.39, 0.29) is 5.82 Å². The molecule has 4 aromatic rings. The SMILES string of the molecule is Cc1ccc(CN(C)c2ccc3nnc(-c4ccccc4F)n3n2)o1. The van der Waals surface area contributed by atoms with Crippen molar-refractivity contribution in [2.45, 2.75) is 13.5 Å². The summed E-state index contributed by atoms with van der Waals surface area (Å²) in [6, 6.07) is 14.0. The van der Waals surface area contributed by atoms with E-state index in [1.54, 1.807) is 22.7 Å². The Bertz CT molecular complexity index is 1040. The lowest BCUT2D eigenvalue weighted by atomic mass is 10.2. The molecule has 0 saturated heterocycles. The maximum atomic E-state index is 14.1. The van der Waals surface area contributed by atoms with Gasteiger partial charge in [-0.05, 0) is 43.3 Å². The Hall–Kier alpha value is -3.22. The van der Waals surface area contributed by atoms with Gasteiger partial charge in [0.2, 0.25) is 0 Å². The summed E-state index contributed by atoms with van der Waals surface area (Å²) in [5.41, 5.74) is 0.924. The first-order valence-electron chi connectivity index (χ1n) is 7.85. The highest BCUT2D eigenvalue weighted by Crippen LogP contribution is 2.22. The average Bonchev–Trinajstić information content (AvgIpc) is 3.21. The molecule has 0 aliphatic heterocycles. The molecule has 0 atom stereocenters. The molecule has 0 spiro atoms. The van der Waals surface area contributed by atoms with Crippen LogP contribution >= 0.6 is 0 Å². The highest BCUT2D eigenvalue weighted by atomic mass is 19.1. The van der Waals surface area contributed by atoms with Gasteiger partial charge in [0, 0.05) is 7.05 Å². The summed E-state index contributed by atoms with van der Waals surface area (Å²) < 4.78 is 21.3. The number of furan rings is 1. The van der Waals surface area contributed by atoms with Crippen LogP contribution in [0.4, 0.5) is 10.2 Å². The number of halogens is 1. The smallest absolute Gasteiger partial charge is 0.188 e. The Labute approximate surface area is 143 Å². The third-order valence-corrected chi connectivity index (χ3v) is 3.94. The summed E-state index contributed by atoms with van der Waals surface area (Å²) in [4.78, 5) is 1.95. The molecular weight excluding hydrogens is 321 g/mol. The van der Waals surface area contributed by atoms with Gasteiger partial charge >= 0.3 is 0 Å². The Morgan fingerprint density at radius 3 is 2.68 bits per heavy atom. The zero-order valence-electron chi connectivity index (χ0n) is 13.8. The molecule has 4 rings (SSSR count). The van der Waals surface area contributed by atoms with Gasteiger partial charge in [-0.2, -0.15) is 4.52 Å². The maximum absolute atomic E-state index is 14.1. The van der Waals surface area contributed by atoms with E-state index in [1.165, 1.54) is 6.07 Å². The second kappa shape index (κ2) is 6.01. The van der Waals surface area contributed by atoms with Gasteiger partial charge in [-0.1, -0.05) is 12.1 Å². The van der Waals surface area contributed by atoms with Crippen LogP contribution in [0.15, 0.2) is 52.9 Å². The Kier molecular flexibility index (Phi) is 3.68. The highest BCUT2D eigenvalue weighted by Gasteiger charge is 2.15. The summed E-state index contributed by atoms with van der Waals surface area (Å²) in [6.07, 6.45) is 0. The van der Waals surface area contributed by atoms with Gasteiger partial charge in [-0.3, -0.25) is 0 Å². The molecule has 0 unspecified atom stereocenters. The second-order valence-electron chi connectivity index (χ2n) is 5.83. The van der Waals surface area contributed by atoms with Gasteiger partial charge in [0.05, 0.1) is 12.1 Å². The molecule has 0 radical (unpaired) electrons. The van der Waals surface area contributed by atoms with Crippen LogP contribution in [-0.4, -0.2) is 26.9 Å². The number of aryl methyl sites for hydroxylation is 1. The van der Waals surface area contributed by atoms with E-state index in [0.717, 1.165) is 11.5 Å². The van der Waals surface area contributed by atoms with Crippen LogP contribution in [0.25, 0.3) is 17.0 Å². The van der Waals surface area contributed by atoms with Crippen LogP contribution in [0.2, 0.25) is 0 Å². The third kappa shape index (κ3) is 2.84. The fourth-order valence-corrected chi connectivity index (χ4v) is 2.68. The van der Waals surface area contributed by atoms with Gasteiger partial charge in [0.15, 0.2) is 11.5 Å². The van der Waals surface area contributed by atoms with Gasteiger partial charge in [0.1, 0.15) is 23.2 Å². The molecule has 3 aromatic heterocycles. The van der Waals surface area contributed by atoms with E-state index in [4.69, 9.17) is 4.42 Å². The van der Waals surface area contributed by atoms with Crippen molar-refractivity contribution >= 4 is 11.5 Å². The molecule has 0 saturated carbocycles. The standard InChI is InChI=1S/C18H16FN5O/c1-12-7-8-13(25-12)11-23(2)17-10-9-16-20-21-18(24(16)22-17)14-5-3-4-6-15(14)19/h3-10H,11H2,1-2H3. The van der Waals surface area contributed by atoms with E-state index in [9.17, 15) is 4.39 Å². The van der Waals surface area contributed by atoms with Crippen LogP contribution in [0.1, 0.15) is 11.5 Å². The lowest BCUT2D eigenvalue weighted by molar-refractivity contribution is 0.481. The van der Waals surface area contributed by atoms with Crippen molar-refractivity contribution in [2.24, 2.45) is 0 Å². The normalized spacial score (nSPS) is 11.2. The number of benzene rings is 1. The maximum Gasteiger partial charge on any atom is 0.188 e. The molecule has 0 amide bonds. The number of aromatic nitrogens is 4.